The maximum atomic E-state index is 12.9. The first kappa shape index (κ1) is 18.0. The summed E-state index contributed by atoms with van der Waals surface area (Å²) in [4.78, 5) is 19.2. The number of rotatable bonds is 5. The predicted molar refractivity (Wildman–Crippen MR) is 96.6 cm³/mol. The molecule has 1 amide bonds. The van der Waals surface area contributed by atoms with Crippen LogP contribution in [0.5, 0.6) is 5.88 Å². The number of amides is 1. The summed E-state index contributed by atoms with van der Waals surface area (Å²) in [6, 6.07) is 9.68. The zero-order valence-electron chi connectivity index (χ0n) is 13.5. The van der Waals surface area contributed by atoms with E-state index in [1.54, 1.807) is 30.5 Å². The highest BCUT2D eigenvalue weighted by Gasteiger charge is 2.24. The first-order valence-corrected chi connectivity index (χ1v) is 9.41. The fraction of sp³-hybridized carbons (Fsp3) is 0.333. The van der Waals surface area contributed by atoms with Gasteiger partial charge in [0.15, 0.2) is 0 Å². The monoisotopic (exact) mass is 380 g/mol. The van der Waals surface area contributed by atoms with E-state index in [1.165, 1.54) is 23.9 Å². The highest BCUT2D eigenvalue weighted by atomic mass is 35.5. The molecule has 132 valence electrons. The second-order valence-corrected chi connectivity index (χ2v) is 7.19. The standard InChI is InChI=1S/C18H18ClFN2O2S/c19-16-2-1-9-21-18(16)24-14-7-10-22(11-8-14)17(23)12-25-15-5-3-13(20)4-6-15/h1-6,9,14H,7-8,10-12H2. The number of benzene rings is 1. The van der Waals surface area contributed by atoms with Crippen molar-refractivity contribution >= 4 is 29.3 Å². The SMILES string of the molecule is O=C(CSc1ccc(F)cc1)N1CCC(Oc2ncccc2Cl)CC1. The summed E-state index contributed by atoms with van der Waals surface area (Å²) in [6.45, 7) is 1.30. The maximum absolute atomic E-state index is 12.9. The topological polar surface area (TPSA) is 42.4 Å². The van der Waals surface area contributed by atoms with Crippen LogP contribution in [0.4, 0.5) is 4.39 Å². The molecule has 1 aromatic carbocycles. The third-order valence-corrected chi connectivity index (χ3v) is 5.26. The van der Waals surface area contributed by atoms with Crippen molar-refractivity contribution in [3.63, 3.8) is 0 Å². The molecule has 1 fully saturated rings. The molecule has 0 saturated carbocycles. The molecule has 1 aromatic heterocycles. The van der Waals surface area contributed by atoms with Crippen molar-refractivity contribution in [1.29, 1.82) is 0 Å². The van der Waals surface area contributed by atoms with Gasteiger partial charge < -0.3 is 9.64 Å². The molecule has 1 aliphatic heterocycles. The summed E-state index contributed by atoms with van der Waals surface area (Å²) in [6.07, 6.45) is 3.16. The molecule has 1 aliphatic rings. The molecule has 1 saturated heterocycles. The lowest BCUT2D eigenvalue weighted by atomic mass is 10.1. The van der Waals surface area contributed by atoms with E-state index in [1.807, 2.05) is 4.90 Å². The van der Waals surface area contributed by atoms with Crippen LogP contribution in [0, 0.1) is 5.82 Å². The van der Waals surface area contributed by atoms with Crippen LogP contribution in [0.25, 0.3) is 0 Å². The van der Waals surface area contributed by atoms with Gasteiger partial charge >= 0.3 is 0 Å². The number of likely N-dealkylation sites (tertiary alicyclic amines) is 1. The molecule has 4 nitrogen and oxygen atoms in total. The third kappa shape index (κ3) is 5.09. The Morgan fingerprint density at radius 1 is 1.28 bits per heavy atom. The number of carbonyl (C=O) groups excluding carboxylic acids is 1. The second-order valence-electron chi connectivity index (χ2n) is 5.73. The summed E-state index contributed by atoms with van der Waals surface area (Å²) in [5.74, 6) is 0.610. The van der Waals surface area contributed by atoms with Gasteiger partial charge in [-0.2, -0.15) is 0 Å². The normalized spacial score (nSPS) is 15.2. The molecule has 3 rings (SSSR count). The molecule has 0 unspecified atom stereocenters. The van der Waals surface area contributed by atoms with Crippen LogP contribution in [0.15, 0.2) is 47.5 Å². The van der Waals surface area contributed by atoms with Crippen LogP contribution in [-0.4, -0.2) is 40.7 Å². The predicted octanol–water partition coefficient (Wildman–Crippen LogP) is 4.04. The molecule has 0 aliphatic carbocycles. The van der Waals surface area contributed by atoms with Gasteiger partial charge in [-0.15, -0.1) is 11.8 Å². The summed E-state index contributed by atoms with van der Waals surface area (Å²) in [7, 11) is 0. The van der Waals surface area contributed by atoms with E-state index < -0.39 is 0 Å². The number of carbonyl (C=O) groups is 1. The van der Waals surface area contributed by atoms with Gasteiger partial charge in [0, 0.05) is 37.0 Å². The Kier molecular flexibility index (Phi) is 6.15. The maximum Gasteiger partial charge on any atom is 0.232 e. The van der Waals surface area contributed by atoms with E-state index in [9.17, 15) is 9.18 Å². The first-order chi connectivity index (χ1) is 12.1. The Morgan fingerprint density at radius 2 is 2.00 bits per heavy atom. The van der Waals surface area contributed by atoms with Gasteiger partial charge in [-0.05, 0) is 36.4 Å². The number of aromatic nitrogens is 1. The quantitative estimate of drug-likeness (QED) is 0.734. The molecule has 2 aromatic rings. The van der Waals surface area contributed by atoms with E-state index in [2.05, 4.69) is 4.98 Å². The Hall–Kier alpha value is -1.79. The van der Waals surface area contributed by atoms with Crippen LogP contribution in [0.3, 0.4) is 0 Å². The fourth-order valence-electron chi connectivity index (χ4n) is 2.61. The van der Waals surface area contributed by atoms with E-state index in [0.29, 0.717) is 29.7 Å². The van der Waals surface area contributed by atoms with E-state index in [-0.39, 0.29) is 17.8 Å². The van der Waals surface area contributed by atoms with Gasteiger partial charge in [-0.25, -0.2) is 9.37 Å². The highest BCUT2D eigenvalue weighted by molar-refractivity contribution is 8.00. The smallest absolute Gasteiger partial charge is 0.232 e. The number of thioether (sulfide) groups is 1. The van der Waals surface area contributed by atoms with Crippen molar-refractivity contribution in [2.45, 2.75) is 23.8 Å². The number of halogens is 2. The number of hydrogen-bond donors (Lipinski definition) is 0. The van der Waals surface area contributed by atoms with E-state index in [0.717, 1.165) is 17.7 Å². The molecule has 25 heavy (non-hydrogen) atoms. The Bertz CT molecular complexity index is 721. The Balaban J connectivity index is 1.44. The highest BCUT2D eigenvalue weighted by Crippen LogP contribution is 2.25. The summed E-state index contributed by atoms with van der Waals surface area (Å²) in [5.41, 5.74) is 0. The first-order valence-electron chi connectivity index (χ1n) is 8.05. The summed E-state index contributed by atoms with van der Waals surface area (Å²) >= 11 is 7.47. The minimum absolute atomic E-state index is 0.0150. The average Bonchev–Trinajstić information content (AvgIpc) is 2.63. The van der Waals surface area contributed by atoms with Gasteiger partial charge in [0.1, 0.15) is 16.9 Å². The van der Waals surface area contributed by atoms with Gasteiger partial charge in [0.05, 0.1) is 5.75 Å². The van der Waals surface area contributed by atoms with Crippen molar-refractivity contribution in [1.82, 2.24) is 9.88 Å². The fourth-order valence-corrected chi connectivity index (χ4v) is 3.57. The minimum atomic E-state index is -0.272. The molecule has 7 heteroatoms. The lowest BCUT2D eigenvalue weighted by Crippen LogP contribution is -2.42. The van der Waals surface area contributed by atoms with Gasteiger partial charge in [0.2, 0.25) is 11.8 Å². The molecule has 0 bridgehead atoms. The van der Waals surface area contributed by atoms with E-state index >= 15 is 0 Å². The molecule has 0 atom stereocenters. The van der Waals surface area contributed by atoms with Crippen LogP contribution in [0.1, 0.15) is 12.8 Å². The van der Waals surface area contributed by atoms with Crippen LogP contribution in [0.2, 0.25) is 5.02 Å². The van der Waals surface area contributed by atoms with Gasteiger partial charge in [0.25, 0.3) is 0 Å². The lowest BCUT2D eigenvalue weighted by molar-refractivity contribution is -0.130. The van der Waals surface area contributed by atoms with Crippen LogP contribution < -0.4 is 4.74 Å². The van der Waals surface area contributed by atoms with E-state index in [4.69, 9.17) is 16.3 Å². The number of piperidine rings is 1. The van der Waals surface area contributed by atoms with Crippen LogP contribution in [-0.2, 0) is 4.79 Å². The zero-order chi connectivity index (χ0) is 17.6. The number of hydrogen-bond acceptors (Lipinski definition) is 4. The minimum Gasteiger partial charge on any atom is -0.473 e. The Morgan fingerprint density at radius 3 is 2.68 bits per heavy atom. The molecule has 2 heterocycles. The Labute approximate surface area is 155 Å². The van der Waals surface area contributed by atoms with Crippen molar-refractivity contribution in [3.8, 4) is 5.88 Å². The van der Waals surface area contributed by atoms with Gasteiger partial charge in [-0.3, -0.25) is 4.79 Å². The largest absolute Gasteiger partial charge is 0.473 e. The lowest BCUT2D eigenvalue weighted by Gasteiger charge is -2.32. The van der Waals surface area contributed by atoms with Crippen molar-refractivity contribution in [2.75, 3.05) is 18.8 Å². The summed E-state index contributed by atoms with van der Waals surface area (Å²) < 4.78 is 18.7. The molecular weight excluding hydrogens is 363 g/mol. The molecular formula is C18H18ClFN2O2S. The number of nitrogens with zero attached hydrogens (tertiary/aromatic N) is 2. The second kappa shape index (κ2) is 8.54. The average molecular weight is 381 g/mol. The molecule has 0 N–H and O–H groups in total. The number of ether oxygens (including phenoxy) is 1. The zero-order valence-corrected chi connectivity index (χ0v) is 15.1. The van der Waals surface area contributed by atoms with Gasteiger partial charge in [-0.1, -0.05) is 11.6 Å². The third-order valence-electron chi connectivity index (χ3n) is 3.97. The number of pyridine rings is 1. The van der Waals surface area contributed by atoms with Crippen molar-refractivity contribution < 1.29 is 13.9 Å². The van der Waals surface area contributed by atoms with Crippen molar-refractivity contribution in [3.05, 3.63) is 53.4 Å². The molecule has 0 spiro atoms. The van der Waals surface area contributed by atoms with Crippen LogP contribution >= 0.6 is 23.4 Å². The van der Waals surface area contributed by atoms with Crippen molar-refractivity contribution in [2.24, 2.45) is 0 Å². The summed E-state index contributed by atoms with van der Waals surface area (Å²) in [5, 5.41) is 0.497. The molecule has 0 radical (unpaired) electrons.